The third kappa shape index (κ3) is 17.8. The quantitative estimate of drug-likeness (QED) is 0.285. The molecular formula is C17H37NO3. The van der Waals surface area contributed by atoms with Crippen molar-refractivity contribution in [3.05, 3.63) is 0 Å². The maximum absolute atomic E-state index is 9.71. The lowest BCUT2D eigenvalue weighted by Gasteiger charge is -2.12. The number of aliphatic hydroxyl groups excluding tert-OH is 2. The lowest BCUT2D eigenvalue weighted by molar-refractivity contribution is 0.0737. The molecule has 1 unspecified atom stereocenters. The zero-order valence-electron chi connectivity index (χ0n) is 14.0. The summed E-state index contributed by atoms with van der Waals surface area (Å²) in [5.41, 5.74) is 0. The van der Waals surface area contributed by atoms with Crippen LogP contribution >= 0.6 is 0 Å². The number of aliphatic hydroxyl groups is 2. The van der Waals surface area contributed by atoms with Gasteiger partial charge in [0.1, 0.15) is 6.23 Å². The highest BCUT2D eigenvalue weighted by molar-refractivity contribution is 4.55. The topological polar surface area (TPSA) is 61.7 Å². The van der Waals surface area contributed by atoms with Crippen molar-refractivity contribution >= 4 is 0 Å². The molecule has 21 heavy (non-hydrogen) atoms. The molecular weight excluding hydrogens is 266 g/mol. The fourth-order valence-corrected chi connectivity index (χ4v) is 2.39. The Balaban J connectivity index is 3.09. The van der Waals surface area contributed by atoms with Gasteiger partial charge in [-0.15, -0.1) is 0 Å². The fourth-order valence-electron chi connectivity index (χ4n) is 2.39. The summed E-state index contributed by atoms with van der Waals surface area (Å²) >= 11 is 0. The first kappa shape index (κ1) is 20.8. The summed E-state index contributed by atoms with van der Waals surface area (Å²) in [5, 5.41) is 21.3. The van der Waals surface area contributed by atoms with Crippen LogP contribution in [0.3, 0.4) is 0 Å². The maximum atomic E-state index is 9.71. The normalized spacial score (nSPS) is 12.7. The van der Waals surface area contributed by atoms with Crippen LogP contribution in [0.2, 0.25) is 0 Å². The minimum atomic E-state index is -0.420. The molecule has 3 N–H and O–H groups in total. The number of ether oxygens (including phenoxy) is 1. The van der Waals surface area contributed by atoms with Gasteiger partial charge in [0.15, 0.2) is 0 Å². The van der Waals surface area contributed by atoms with Gasteiger partial charge in [0.05, 0.1) is 19.8 Å². The van der Waals surface area contributed by atoms with Gasteiger partial charge >= 0.3 is 0 Å². The molecule has 0 aromatic heterocycles. The second-order valence-corrected chi connectivity index (χ2v) is 5.78. The molecule has 0 amide bonds. The van der Waals surface area contributed by atoms with Crippen LogP contribution in [0.1, 0.15) is 77.6 Å². The SMILES string of the molecule is CCCCCCCCCCCCC(O)NCCOCCO. The van der Waals surface area contributed by atoms with E-state index in [0.29, 0.717) is 19.8 Å². The molecule has 1 atom stereocenters. The Morgan fingerprint density at radius 2 is 1.43 bits per heavy atom. The molecule has 0 aliphatic carbocycles. The van der Waals surface area contributed by atoms with Crippen LogP contribution in [0.25, 0.3) is 0 Å². The molecule has 0 rings (SSSR count). The Morgan fingerprint density at radius 3 is 2.00 bits per heavy atom. The fraction of sp³-hybridized carbons (Fsp3) is 1.00. The Hall–Kier alpha value is -0.160. The van der Waals surface area contributed by atoms with Crippen molar-refractivity contribution in [2.75, 3.05) is 26.4 Å². The van der Waals surface area contributed by atoms with Crippen molar-refractivity contribution in [1.82, 2.24) is 5.32 Å². The van der Waals surface area contributed by atoms with Gasteiger partial charge in [0.25, 0.3) is 0 Å². The second kappa shape index (κ2) is 17.9. The molecule has 0 heterocycles. The van der Waals surface area contributed by atoms with Gasteiger partial charge < -0.3 is 14.9 Å². The third-order valence-electron chi connectivity index (χ3n) is 3.69. The molecule has 4 heteroatoms. The standard InChI is InChI=1S/C17H37NO3/c1-2-3-4-5-6-7-8-9-10-11-12-17(20)18-13-15-21-16-14-19/h17-20H,2-16H2,1H3. The van der Waals surface area contributed by atoms with Crippen molar-refractivity contribution in [1.29, 1.82) is 0 Å². The van der Waals surface area contributed by atoms with Crippen LogP contribution in [0.15, 0.2) is 0 Å². The molecule has 0 fully saturated rings. The number of rotatable bonds is 17. The van der Waals surface area contributed by atoms with Crippen LogP contribution in [0.5, 0.6) is 0 Å². The van der Waals surface area contributed by atoms with Crippen molar-refractivity contribution in [3.8, 4) is 0 Å². The molecule has 0 aromatic rings. The molecule has 0 bridgehead atoms. The Morgan fingerprint density at radius 1 is 0.857 bits per heavy atom. The second-order valence-electron chi connectivity index (χ2n) is 5.78. The van der Waals surface area contributed by atoms with E-state index in [2.05, 4.69) is 12.2 Å². The first-order chi connectivity index (χ1) is 10.3. The van der Waals surface area contributed by atoms with E-state index >= 15 is 0 Å². The number of unbranched alkanes of at least 4 members (excludes halogenated alkanes) is 9. The smallest absolute Gasteiger partial charge is 0.104 e. The van der Waals surface area contributed by atoms with E-state index in [1.165, 1.54) is 57.8 Å². The molecule has 0 aromatic carbocycles. The lowest BCUT2D eigenvalue weighted by Crippen LogP contribution is -2.31. The van der Waals surface area contributed by atoms with Gasteiger partial charge in [-0.05, 0) is 12.8 Å². The molecule has 128 valence electrons. The van der Waals surface area contributed by atoms with Crippen molar-refractivity contribution in [2.45, 2.75) is 83.8 Å². The minimum absolute atomic E-state index is 0.0567. The van der Waals surface area contributed by atoms with Crippen LogP contribution in [0.4, 0.5) is 0 Å². The third-order valence-corrected chi connectivity index (χ3v) is 3.69. The van der Waals surface area contributed by atoms with E-state index in [1.54, 1.807) is 0 Å². The Bertz CT molecular complexity index is 191. The van der Waals surface area contributed by atoms with Crippen LogP contribution < -0.4 is 5.32 Å². The average molecular weight is 303 g/mol. The summed E-state index contributed by atoms with van der Waals surface area (Å²) in [5.74, 6) is 0. The predicted octanol–water partition coefficient (Wildman–Crippen LogP) is 3.21. The Kier molecular flexibility index (Phi) is 17.8. The molecule has 4 nitrogen and oxygen atoms in total. The zero-order valence-corrected chi connectivity index (χ0v) is 14.0. The summed E-state index contributed by atoms with van der Waals surface area (Å²) in [6.45, 7) is 3.86. The first-order valence-electron chi connectivity index (χ1n) is 8.91. The van der Waals surface area contributed by atoms with Gasteiger partial charge in [0.2, 0.25) is 0 Å². The van der Waals surface area contributed by atoms with Crippen molar-refractivity contribution in [3.63, 3.8) is 0 Å². The van der Waals surface area contributed by atoms with E-state index in [0.717, 1.165) is 12.8 Å². The highest BCUT2D eigenvalue weighted by atomic mass is 16.5. The van der Waals surface area contributed by atoms with E-state index in [4.69, 9.17) is 9.84 Å². The van der Waals surface area contributed by atoms with Crippen molar-refractivity contribution in [2.24, 2.45) is 0 Å². The maximum Gasteiger partial charge on any atom is 0.104 e. The molecule has 0 radical (unpaired) electrons. The molecule has 0 saturated heterocycles. The van der Waals surface area contributed by atoms with E-state index in [9.17, 15) is 5.11 Å². The summed E-state index contributed by atoms with van der Waals surface area (Å²) < 4.78 is 5.11. The monoisotopic (exact) mass is 303 g/mol. The van der Waals surface area contributed by atoms with Gasteiger partial charge in [-0.1, -0.05) is 64.7 Å². The molecule has 0 spiro atoms. The molecule has 0 aliphatic heterocycles. The number of nitrogens with one attached hydrogen (secondary N) is 1. The summed E-state index contributed by atoms with van der Waals surface area (Å²) in [7, 11) is 0. The zero-order chi connectivity index (χ0) is 15.6. The summed E-state index contributed by atoms with van der Waals surface area (Å²) in [6, 6.07) is 0. The minimum Gasteiger partial charge on any atom is -0.394 e. The van der Waals surface area contributed by atoms with E-state index < -0.39 is 6.23 Å². The van der Waals surface area contributed by atoms with Gasteiger partial charge in [-0.25, -0.2) is 0 Å². The summed E-state index contributed by atoms with van der Waals surface area (Å²) in [6.07, 6.45) is 13.6. The highest BCUT2D eigenvalue weighted by Crippen LogP contribution is 2.11. The van der Waals surface area contributed by atoms with E-state index in [1.807, 2.05) is 0 Å². The van der Waals surface area contributed by atoms with E-state index in [-0.39, 0.29) is 6.61 Å². The van der Waals surface area contributed by atoms with Gasteiger partial charge in [-0.2, -0.15) is 0 Å². The van der Waals surface area contributed by atoms with Gasteiger partial charge in [-0.3, -0.25) is 5.32 Å². The highest BCUT2D eigenvalue weighted by Gasteiger charge is 2.02. The van der Waals surface area contributed by atoms with Crippen LogP contribution in [-0.4, -0.2) is 42.8 Å². The van der Waals surface area contributed by atoms with Crippen molar-refractivity contribution < 1.29 is 14.9 Å². The predicted molar refractivity (Wildman–Crippen MR) is 88.4 cm³/mol. The summed E-state index contributed by atoms with van der Waals surface area (Å²) in [4.78, 5) is 0. The lowest BCUT2D eigenvalue weighted by atomic mass is 10.1. The number of hydrogen-bond donors (Lipinski definition) is 3. The Labute approximate surface area is 131 Å². The first-order valence-corrected chi connectivity index (χ1v) is 8.91. The molecule has 0 aliphatic rings. The average Bonchev–Trinajstić information content (AvgIpc) is 2.49. The largest absolute Gasteiger partial charge is 0.394 e. The van der Waals surface area contributed by atoms with Crippen LogP contribution in [-0.2, 0) is 4.74 Å². The number of hydrogen-bond acceptors (Lipinski definition) is 4. The molecule has 0 saturated carbocycles. The van der Waals surface area contributed by atoms with Crippen LogP contribution in [0, 0.1) is 0 Å². The van der Waals surface area contributed by atoms with Gasteiger partial charge in [0, 0.05) is 6.54 Å².